The molecule has 1 aliphatic rings. The number of rotatable bonds is 4. The Hall–Kier alpha value is -0.840. The van der Waals surface area contributed by atoms with Crippen molar-refractivity contribution in [1.82, 2.24) is 5.32 Å². The molecule has 0 radical (unpaired) electrons. The summed E-state index contributed by atoms with van der Waals surface area (Å²) in [6, 6.07) is 3.97. The Morgan fingerprint density at radius 1 is 1.38 bits per heavy atom. The van der Waals surface area contributed by atoms with E-state index in [0.717, 1.165) is 12.8 Å². The molecule has 2 rings (SSSR count). The largest absolute Gasteiger partial charge is 0.348 e. The number of nitrogens with two attached hydrogens (primary N) is 1. The lowest BCUT2D eigenvalue weighted by Crippen LogP contribution is -2.45. The fraction of sp³-hybridized carbons (Fsp3) is 0.533. The average molecular weight is 335 g/mol. The topological polar surface area (TPSA) is 55.1 Å². The number of hydrogen-bond donors (Lipinski definition) is 2. The molecule has 1 atom stereocenters. The summed E-state index contributed by atoms with van der Waals surface area (Å²) in [6.45, 7) is 0.422. The highest BCUT2D eigenvalue weighted by Crippen LogP contribution is 2.26. The monoisotopic (exact) mass is 334 g/mol. The summed E-state index contributed by atoms with van der Waals surface area (Å²) in [5, 5.41) is 2.91. The molecular formula is C15H21Cl2FN2O. The molecule has 21 heavy (non-hydrogen) atoms. The molecule has 118 valence electrons. The quantitative estimate of drug-likeness (QED) is 0.884. The molecule has 1 aromatic rings. The van der Waals surface area contributed by atoms with E-state index in [1.54, 1.807) is 0 Å². The summed E-state index contributed by atoms with van der Waals surface area (Å²) in [4.78, 5) is 12.2. The lowest BCUT2D eigenvalue weighted by atomic mass is 9.84. The Labute approximate surface area is 135 Å². The predicted octanol–water partition coefficient (Wildman–Crippen LogP) is 3.54. The van der Waals surface area contributed by atoms with Gasteiger partial charge in [-0.25, -0.2) is 4.39 Å². The summed E-state index contributed by atoms with van der Waals surface area (Å²) in [7, 11) is 0. The van der Waals surface area contributed by atoms with Gasteiger partial charge in [0.2, 0.25) is 0 Å². The number of carbonyl (C=O) groups excluding carboxylic acids is 1. The first-order valence-electron chi connectivity index (χ1n) is 7.08. The van der Waals surface area contributed by atoms with Crippen molar-refractivity contribution in [3.8, 4) is 0 Å². The van der Waals surface area contributed by atoms with E-state index in [1.807, 2.05) is 0 Å². The van der Waals surface area contributed by atoms with Crippen LogP contribution in [0.2, 0.25) is 5.02 Å². The van der Waals surface area contributed by atoms with Crippen LogP contribution < -0.4 is 11.1 Å². The standard InChI is InChI=1S/C15H20ClFN2O.ClH/c16-12-8-11(6-7-13(12)17)15(20)19-14(9-18)10-4-2-1-3-5-10;/h6-8,10,14H,1-5,9,18H2,(H,19,20);1H. The lowest BCUT2D eigenvalue weighted by Gasteiger charge is -2.30. The molecule has 0 bridgehead atoms. The van der Waals surface area contributed by atoms with Crippen LogP contribution in [0.5, 0.6) is 0 Å². The van der Waals surface area contributed by atoms with Gasteiger partial charge in [-0.05, 0) is 37.0 Å². The highest BCUT2D eigenvalue weighted by atomic mass is 35.5. The molecule has 3 N–H and O–H groups in total. The maximum Gasteiger partial charge on any atom is 0.251 e. The van der Waals surface area contributed by atoms with E-state index < -0.39 is 5.82 Å². The van der Waals surface area contributed by atoms with Crippen LogP contribution >= 0.6 is 24.0 Å². The third-order valence-electron chi connectivity index (χ3n) is 3.97. The Morgan fingerprint density at radius 2 is 2.05 bits per heavy atom. The van der Waals surface area contributed by atoms with Crippen LogP contribution in [0, 0.1) is 11.7 Å². The van der Waals surface area contributed by atoms with Crippen molar-refractivity contribution in [2.45, 2.75) is 38.1 Å². The summed E-state index contributed by atoms with van der Waals surface area (Å²) in [6.07, 6.45) is 5.85. The molecule has 0 saturated heterocycles. The smallest absolute Gasteiger partial charge is 0.251 e. The summed E-state index contributed by atoms with van der Waals surface area (Å²) in [5.74, 6) is -0.326. The van der Waals surface area contributed by atoms with Gasteiger partial charge in [0.05, 0.1) is 5.02 Å². The van der Waals surface area contributed by atoms with Gasteiger partial charge in [0.1, 0.15) is 5.82 Å². The molecule has 0 heterocycles. The first-order chi connectivity index (χ1) is 9.61. The number of hydrogen-bond acceptors (Lipinski definition) is 2. The van der Waals surface area contributed by atoms with Crippen molar-refractivity contribution in [3.63, 3.8) is 0 Å². The zero-order valence-corrected chi connectivity index (χ0v) is 13.4. The SMILES string of the molecule is Cl.NCC(NC(=O)c1ccc(F)c(Cl)c1)C1CCCCC1. The van der Waals surface area contributed by atoms with Crippen molar-refractivity contribution in [3.05, 3.63) is 34.6 Å². The van der Waals surface area contributed by atoms with Crippen molar-refractivity contribution >= 4 is 29.9 Å². The van der Waals surface area contributed by atoms with Crippen molar-refractivity contribution < 1.29 is 9.18 Å². The van der Waals surface area contributed by atoms with Crippen LogP contribution in [0.15, 0.2) is 18.2 Å². The maximum atomic E-state index is 13.1. The summed E-state index contributed by atoms with van der Waals surface area (Å²) < 4.78 is 13.1. The second kappa shape index (κ2) is 8.57. The number of halogens is 3. The van der Waals surface area contributed by atoms with E-state index in [4.69, 9.17) is 17.3 Å². The lowest BCUT2D eigenvalue weighted by molar-refractivity contribution is 0.0915. The van der Waals surface area contributed by atoms with Gasteiger partial charge in [-0.2, -0.15) is 0 Å². The van der Waals surface area contributed by atoms with E-state index in [1.165, 1.54) is 37.5 Å². The number of nitrogens with one attached hydrogen (secondary N) is 1. The van der Waals surface area contributed by atoms with E-state index in [-0.39, 0.29) is 29.4 Å². The van der Waals surface area contributed by atoms with Crippen molar-refractivity contribution in [1.29, 1.82) is 0 Å². The third-order valence-corrected chi connectivity index (χ3v) is 4.26. The molecule has 0 aromatic heterocycles. The van der Waals surface area contributed by atoms with Crippen LogP contribution in [0.3, 0.4) is 0 Å². The Kier molecular flexibility index (Phi) is 7.43. The normalized spacial score (nSPS) is 16.9. The second-order valence-electron chi connectivity index (χ2n) is 5.34. The van der Waals surface area contributed by atoms with Crippen molar-refractivity contribution in [2.24, 2.45) is 11.7 Å². The molecule has 0 aliphatic heterocycles. The minimum Gasteiger partial charge on any atom is -0.348 e. The molecule has 1 aromatic carbocycles. The summed E-state index contributed by atoms with van der Waals surface area (Å²) >= 11 is 5.70. The number of carbonyl (C=O) groups is 1. The van der Waals surface area contributed by atoms with Crippen LogP contribution in [0.1, 0.15) is 42.5 Å². The van der Waals surface area contributed by atoms with Gasteiger partial charge in [-0.1, -0.05) is 30.9 Å². The average Bonchev–Trinajstić information content (AvgIpc) is 2.48. The minimum atomic E-state index is -0.522. The highest BCUT2D eigenvalue weighted by Gasteiger charge is 2.24. The molecule has 0 spiro atoms. The van der Waals surface area contributed by atoms with Gasteiger partial charge >= 0.3 is 0 Å². The molecule has 1 fully saturated rings. The van der Waals surface area contributed by atoms with E-state index in [9.17, 15) is 9.18 Å². The van der Waals surface area contributed by atoms with Crippen molar-refractivity contribution in [2.75, 3.05) is 6.54 Å². The van der Waals surface area contributed by atoms with E-state index >= 15 is 0 Å². The molecule has 1 amide bonds. The molecule has 1 unspecified atom stereocenters. The fourth-order valence-electron chi connectivity index (χ4n) is 2.79. The van der Waals surface area contributed by atoms with E-state index in [0.29, 0.717) is 18.0 Å². The van der Waals surface area contributed by atoms with Gasteiger partial charge in [-0.15, -0.1) is 12.4 Å². The first-order valence-corrected chi connectivity index (χ1v) is 7.45. The van der Waals surface area contributed by atoms with Gasteiger partial charge in [0.25, 0.3) is 5.91 Å². The fourth-order valence-corrected chi connectivity index (χ4v) is 2.98. The van der Waals surface area contributed by atoms with E-state index in [2.05, 4.69) is 5.32 Å². The molecule has 1 saturated carbocycles. The predicted molar refractivity (Wildman–Crippen MR) is 85.5 cm³/mol. The van der Waals surface area contributed by atoms with Crippen LogP contribution in [-0.2, 0) is 0 Å². The first kappa shape index (κ1) is 18.2. The highest BCUT2D eigenvalue weighted by molar-refractivity contribution is 6.31. The van der Waals surface area contributed by atoms with Gasteiger partial charge < -0.3 is 11.1 Å². The molecule has 6 heteroatoms. The third kappa shape index (κ3) is 4.83. The zero-order chi connectivity index (χ0) is 14.5. The molecule has 1 aliphatic carbocycles. The Morgan fingerprint density at radius 3 is 2.62 bits per heavy atom. The maximum absolute atomic E-state index is 13.1. The van der Waals surface area contributed by atoms with Gasteiger partial charge in [-0.3, -0.25) is 4.79 Å². The Bertz CT molecular complexity index is 479. The van der Waals surface area contributed by atoms with Crippen LogP contribution in [0.4, 0.5) is 4.39 Å². The van der Waals surface area contributed by atoms with Crippen LogP contribution in [0.25, 0.3) is 0 Å². The Balaban J connectivity index is 0.00000220. The zero-order valence-electron chi connectivity index (χ0n) is 11.8. The number of amides is 1. The van der Waals surface area contributed by atoms with Crippen LogP contribution in [-0.4, -0.2) is 18.5 Å². The minimum absolute atomic E-state index is 0. The molecule has 3 nitrogen and oxygen atoms in total. The summed E-state index contributed by atoms with van der Waals surface area (Å²) in [5.41, 5.74) is 6.15. The second-order valence-corrected chi connectivity index (χ2v) is 5.75. The van der Waals surface area contributed by atoms with Gasteiger partial charge in [0, 0.05) is 18.2 Å². The van der Waals surface area contributed by atoms with Gasteiger partial charge in [0.15, 0.2) is 0 Å². The number of benzene rings is 1. The molecular weight excluding hydrogens is 314 g/mol.